The molecule has 0 radical (unpaired) electrons. The van der Waals surface area contributed by atoms with Gasteiger partial charge in [-0.1, -0.05) is 0 Å². The van der Waals surface area contributed by atoms with Crippen molar-refractivity contribution in [2.45, 2.75) is 33.4 Å². The van der Waals surface area contributed by atoms with Crippen LogP contribution >= 0.6 is 0 Å². The molecule has 1 aliphatic heterocycles. The first kappa shape index (κ1) is 15.1. The summed E-state index contributed by atoms with van der Waals surface area (Å²) in [6.07, 6.45) is 0.700. The van der Waals surface area contributed by atoms with Gasteiger partial charge in [0.2, 0.25) is 0 Å². The van der Waals surface area contributed by atoms with Crippen LogP contribution in [-0.2, 0) is 19.5 Å². The molecule has 0 bridgehead atoms. The van der Waals surface area contributed by atoms with Crippen molar-refractivity contribution in [2.24, 2.45) is 0 Å². The van der Waals surface area contributed by atoms with E-state index in [9.17, 15) is 9.18 Å². The Labute approximate surface area is 138 Å². The predicted molar refractivity (Wildman–Crippen MR) is 90.4 cm³/mol. The zero-order valence-electron chi connectivity index (χ0n) is 13.7. The number of halogens is 1. The second kappa shape index (κ2) is 5.56. The standard InChI is InChI=1S/C18H19FN4O/c1-10-14-7-12(19)3-4-15(14)22-16(10)8-23-6-5-13-17(9-23)20-11(2)21-18(13)24/h3-4,7,22H,5-6,8-9H2,1-2H3,(H,20,21,24). The molecule has 3 aromatic rings. The molecule has 0 atom stereocenters. The maximum atomic E-state index is 13.5. The molecule has 5 nitrogen and oxygen atoms in total. The maximum Gasteiger partial charge on any atom is 0.254 e. The molecular formula is C18H19FN4O. The number of H-pyrrole nitrogens is 2. The lowest BCUT2D eigenvalue weighted by molar-refractivity contribution is 0.237. The highest BCUT2D eigenvalue weighted by atomic mass is 19.1. The summed E-state index contributed by atoms with van der Waals surface area (Å²) in [4.78, 5) is 24.9. The van der Waals surface area contributed by atoms with E-state index in [1.807, 2.05) is 6.92 Å². The number of fused-ring (bicyclic) bond motifs is 2. The van der Waals surface area contributed by atoms with E-state index in [1.165, 1.54) is 6.07 Å². The van der Waals surface area contributed by atoms with E-state index in [4.69, 9.17) is 0 Å². The first-order valence-corrected chi connectivity index (χ1v) is 8.09. The van der Waals surface area contributed by atoms with E-state index < -0.39 is 0 Å². The monoisotopic (exact) mass is 326 g/mol. The Hall–Kier alpha value is -2.47. The number of nitrogens with one attached hydrogen (secondary N) is 2. The first-order valence-electron chi connectivity index (χ1n) is 8.09. The minimum Gasteiger partial charge on any atom is -0.357 e. The summed E-state index contributed by atoms with van der Waals surface area (Å²) < 4.78 is 13.5. The van der Waals surface area contributed by atoms with Crippen LogP contribution in [0.1, 0.15) is 28.3 Å². The fourth-order valence-corrected chi connectivity index (χ4v) is 3.49. The molecule has 0 unspecified atom stereocenters. The number of rotatable bonds is 2. The van der Waals surface area contributed by atoms with E-state index >= 15 is 0 Å². The second-order valence-corrected chi connectivity index (χ2v) is 6.46. The number of aromatic nitrogens is 3. The van der Waals surface area contributed by atoms with Gasteiger partial charge in [0.1, 0.15) is 11.6 Å². The van der Waals surface area contributed by atoms with Gasteiger partial charge in [0, 0.05) is 41.8 Å². The quantitative estimate of drug-likeness (QED) is 0.761. The van der Waals surface area contributed by atoms with E-state index in [0.29, 0.717) is 18.8 Å². The zero-order chi connectivity index (χ0) is 16.8. The summed E-state index contributed by atoms with van der Waals surface area (Å²) in [5.74, 6) is 0.430. The molecule has 0 saturated heterocycles. The van der Waals surface area contributed by atoms with Crippen LogP contribution in [0.3, 0.4) is 0 Å². The third kappa shape index (κ3) is 2.53. The molecule has 0 fully saturated rings. The van der Waals surface area contributed by atoms with Crippen LogP contribution in [0.15, 0.2) is 23.0 Å². The zero-order valence-corrected chi connectivity index (χ0v) is 13.7. The lowest BCUT2D eigenvalue weighted by Crippen LogP contribution is -2.35. The summed E-state index contributed by atoms with van der Waals surface area (Å²) in [7, 11) is 0. The number of aromatic amines is 2. The number of aryl methyl sites for hydroxylation is 2. The molecule has 1 aliphatic rings. The molecule has 2 aromatic heterocycles. The molecule has 0 amide bonds. The highest BCUT2D eigenvalue weighted by Crippen LogP contribution is 2.25. The summed E-state index contributed by atoms with van der Waals surface area (Å²) in [5, 5.41) is 0.924. The van der Waals surface area contributed by atoms with Crippen molar-refractivity contribution in [1.29, 1.82) is 0 Å². The van der Waals surface area contributed by atoms with Crippen LogP contribution in [0.5, 0.6) is 0 Å². The Morgan fingerprint density at radius 1 is 1.29 bits per heavy atom. The van der Waals surface area contributed by atoms with Crippen LogP contribution < -0.4 is 5.56 Å². The molecule has 0 saturated carbocycles. The van der Waals surface area contributed by atoms with Crippen molar-refractivity contribution in [3.8, 4) is 0 Å². The van der Waals surface area contributed by atoms with E-state index in [1.54, 1.807) is 19.1 Å². The molecule has 124 valence electrons. The highest BCUT2D eigenvalue weighted by Gasteiger charge is 2.21. The largest absolute Gasteiger partial charge is 0.357 e. The Bertz CT molecular complexity index is 989. The van der Waals surface area contributed by atoms with Crippen LogP contribution in [0, 0.1) is 19.7 Å². The molecule has 2 N–H and O–H groups in total. The smallest absolute Gasteiger partial charge is 0.254 e. The SMILES string of the molecule is Cc1nc2c(c(=O)[nH]1)CCN(Cc1[nH]c3ccc(F)cc3c1C)C2. The fourth-order valence-electron chi connectivity index (χ4n) is 3.49. The van der Waals surface area contributed by atoms with Crippen LogP contribution in [0.4, 0.5) is 4.39 Å². The van der Waals surface area contributed by atoms with Gasteiger partial charge in [0.05, 0.1) is 5.69 Å². The van der Waals surface area contributed by atoms with Crippen LogP contribution in [0.2, 0.25) is 0 Å². The summed E-state index contributed by atoms with van der Waals surface area (Å²) in [6, 6.07) is 4.82. The highest BCUT2D eigenvalue weighted by molar-refractivity contribution is 5.84. The van der Waals surface area contributed by atoms with E-state index in [-0.39, 0.29) is 11.4 Å². The van der Waals surface area contributed by atoms with Crippen molar-refractivity contribution >= 4 is 10.9 Å². The molecule has 3 heterocycles. The van der Waals surface area contributed by atoms with Crippen molar-refractivity contribution in [3.05, 3.63) is 62.7 Å². The average molecular weight is 326 g/mol. The molecule has 1 aromatic carbocycles. The Balaban J connectivity index is 1.63. The van der Waals surface area contributed by atoms with Crippen molar-refractivity contribution in [2.75, 3.05) is 6.54 Å². The van der Waals surface area contributed by atoms with E-state index in [2.05, 4.69) is 19.9 Å². The molecule has 24 heavy (non-hydrogen) atoms. The lowest BCUT2D eigenvalue weighted by atomic mass is 10.1. The van der Waals surface area contributed by atoms with Gasteiger partial charge in [-0.2, -0.15) is 0 Å². The predicted octanol–water partition coefficient (Wildman–Crippen LogP) is 2.57. The Morgan fingerprint density at radius 3 is 2.96 bits per heavy atom. The van der Waals surface area contributed by atoms with Gasteiger partial charge in [-0.25, -0.2) is 9.37 Å². The Kier molecular flexibility index (Phi) is 3.49. The van der Waals surface area contributed by atoms with E-state index in [0.717, 1.165) is 46.5 Å². The van der Waals surface area contributed by atoms with Crippen molar-refractivity contribution in [1.82, 2.24) is 19.9 Å². The maximum absolute atomic E-state index is 13.5. The molecule has 6 heteroatoms. The first-order chi connectivity index (χ1) is 11.5. The molecule has 0 spiro atoms. The van der Waals surface area contributed by atoms with Gasteiger partial charge in [-0.15, -0.1) is 0 Å². The molecule has 4 rings (SSSR count). The van der Waals surface area contributed by atoms with Crippen molar-refractivity contribution in [3.63, 3.8) is 0 Å². The fraction of sp³-hybridized carbons (Fsp3) is 0.333. The summed E-state index contributed by atoms with van der Waals surface area (Å²) in [5.41, 5.74) is 4.75. The van der Waals surface area contributed by atoms with Gasteiger partial charge in [-0.3, -0.25) is 9.69 Å². The lowest BCUT2D eigenvalue weighted by Gasteiger charge is -2.27. The Morgan fingerprint density at radius 2 is 2.12 bits per heavy atom. The molecular weight excluding hydrogens is 307 g/mol. The number of benzene rings is 1. The topological polar surface area (TPSA) is 64.8 Å². The van der Waals surface area contributed by atoms with Crippen LogP contribution in [0.25, 0.3) is 10.9 Å². The normalized spacial score (nSPS) is 15.0. The van der Waals surface area contributed by atoms with Crippen molar-refractivity contribution < 1.29 is 4.39 Å². The average Bonchev–Trinajstić information content (AvgIpc) is 2.83. The minimum atomic E-state index is -0.220. The second-order valence-electron chi connectivity index (χ2n) is 6.46. The number of nitrogens with zero attached hydrogens (tertiary/aromatic N) is 2. The van der Waals surface area contributed by atoms with Gasteiger partial charge in [0.25, 0.3) is 5.56 Å². The third-order valence-corrected chi connectivity index (χ3v) is 4.78. The van der Waals surface area contributed by atoms with Gasteiger partial charge in [0.15, 0.2) is 0 Å². The summed E-state index contributed by atoms with van der Waals surface area (Å²) in [6.45, 7) is 6.01. The van der Waals surface area contributed by atoms with Gasteiger partial charge in [-0.05, 0) is 44.0 Å². The van der Waals surface area contributed by atoms with Gasteiger partial charge >= 0.3 is 0 Å². The number of hydrogen-bond acceptors (Lipinski definition) is 3. The van der Waals surface area contributed by atoms with Gasteiger partial charge < -0.3 is 9.97 Å². The minimum absolute atomic E-state index is 0.0191. The third-order valence-electron chi connectivity index (χ3n) is 4.78. The van der Waals surface area contributed by atoms with Crippen LogP contribution in [-0.4, -0.2) is 26.4 Å². The molecule has 0 aliphatic carbocycles. The number of hydrogen-bond donors (Lipinski definition) is 2. The summed E-state index contributed by atoms with van der Waals surface area (Å²) >= 11 is 0.